The molecule has 1 aliphatic rings. The Kier molecular flexibility index (Phi) is 11.1. The Labute approximate surface area is 230 Å². The highest BCUT2D eigenvalue weighted by Crippen LogP contribution is 2.29. The molecule has 0 saturated heterocycles. The lowest BCUT2D eigenvalue weighted by Crippen LogP contribution is -2.47. The van der Waals surface area contributed by atoms with E-state index in [1.54, 1.807) is 17.9 Å². The summed E-state index contributed by atoms with van der Waals surface area (Å²) in [4.78, 5) is 15.5. The van der Waals surface area contributed by atoms with Crippen LogP contribution < -0.4 is 14.8 Å². The molecule has 0 unspecified atom stereocenters. The highest BCUT2D eigenvalue weighted by atomic mass is 32.2. The van der Waals surface area contributed by atoms with Gasteiger partial charge in [0.1, 0.15) is 11.6 Å². The molecule has 216 valence electrons. The quantitative estimate of drug-likeness (QED) is 0.469. The van der Waals surface area contributed by atoms with Crippen LogP contribution in [0.15, 0.2) is 47.4 Å². The highest BCUT2D eigenvalue weighted by Gasteiger charge is 2.30. The number of halogens is 1. The van der Waals surface area contributed by atoms with Crippen LogP contribution in [-0.4, -0.2) is 75.9 Å². The van der Waals surface area contributed by atoms with Gasteiger partial charge < -0.3 is 24.8 Å². The second kappa shape index (κ2) is 14.1. The molecule has 39 heavy (non-hydrogen) atoms. The Morgan fingerprint density at radius 1 is 1.15 bits per heavy atom. The van der Waals surface area contributed by atoms with E-state index in [1.807, 2.05) is 20.9 Å². The molecule has 0 fully saturated rings. The molecular formula is C28H40FN3O6S. The first kappa shape index (κ1) is 30.8. The van der Waals surface area contributed by atoms with Crippen molar-refractivity contribution >= 4 is 21.6 Å². The zero-order valence-corrected chi connectivity index (χ0v) is 23.8. The van der Waals surface area contributed by atoms with E-state index in [2.05, 4.69) is 10.0 Å². The van der Waals surface area contributed by atoms with Crippen molar-refractivity contribution in [2.45, 2.75) is 63.2 Å². The van der Waals surface area contributed by atoms with Gasteiger partial charge in [-0.15, -0.1) is 0 Å². The van der Waals surface area contributed by atoms with Crippen LogP contribution in [0.25, 0.3) is 0 Å². The van der Waals surface area contributed by atoms with Crippen LogP contribution in [-0.2, 0) is 14.8 Å². The van der Waals surface area contributed by atoms with E-state index in [0.29, 0.717) is 25.4 Å². The number of sulfonamides is 1. The molecule has 0 spiro atoms. The van der Waals surface area contributed by atoms with E-state index in [0.717, 1.165) is 31.4 Å². The van der Waals surface area contributed by atoms with Gasteiger partial charge in [0.05, 0.1) is 35.3 Å². The summed E-state index contributed by atoms with van der Waals surface area (Å²) in [6, 6.07) is 8.52. The number of amides is 1. The Morgan fingerprint density at radius 2 is 1.87 bits per heavy atom. The van der Waals surface area contributed by atoms with Crippen molar-refractivity contribution in [2.75, 3.05) is 38.1 Å². The summed E-state index contributed by atoms with van der Waals surface area (Å²) in [5, 5.41) is 13.1. The molecule has 4 atom stereocenters. The van der Waals surface area contributed by atoms with Crippen molar-refractivity contribution in [1.29, 1.82) is 0 Å². The van der Waals surface area contributed by atoms with Crippen LogP contribution in [0.1, 0.15) is 50.4 Å². The zero-order valence-electron chi connectivity index (χ0n) is 23.0. The molecule has 2 aromatic carbocycles. The number of nitrogens with one attached hydrogen (secondary N) is 2. The predicted octanol–water partition coefficient (Wildman–Crippen LogP) is 3.64. The Hall–Kier alpha value is -2.73. The summed E-state index contributed by atoms with van der Waals surface area (Å²) in [5.41, 5.74) is 0.335. The summed E-state index contributed by atoms with van der Waals surface area (Å²) in [7, 11) is -2.18. The lowest BCUT2D eigenvalue weighted by Gasteiger charge is -2.34. The van der Waals surface area contributed by atoms with Gasteiger partial charge in [-0.3, -0.25) is 9.52 Å². The number of fused-ring (bicyclic) bond motifs is 1. The molecule has 1 amide bonds. The van der Waals surface area contributed by atoms with Crippen molar-refractivity contribution < 1.29 is 32.2 Å². The number of ether oxygens (including phenoxy) is 2. The van der Waals surface area contributed by atoms with Crippen molar-refractivity contribution in [3.05, 3.63) is 53.8 Å². The largest absolute Gasteiger partial charge is 0.490 e. The van der Waals surface area contributed by atoms with Gasteiger partial charge in [0.15, 0.2) is 0 Å². The zero-order chi connectivity index (χ0) is 28.6. The van der Waals surface area contributed by atoms with E-state index in [1.165, 1.54) is 24.3 Å². The van der Waals surface area contributed by atoms with Crippen molar-refractivity contribution in [2.24, 2.45) is 5.92 Å². The van der Waals surface area contributed by atoms with E-state index >= 15 is 0 Å². The van der Waals surface area contributed by atoms with Crippen LogP contribution in [0.3, 0.4) is 0 Å². The molecule has 1 heterocycles. The molecule has 0 saturated carbocycles. The number of hydrogen-bond donors (Lipinski definition) is 3. The van der Waals surface area contributed by atoms with Crippen LogP contribution in [0, 0.1) is 11.7 Å². The van der Waals surface area contributed by atoms with Gasteiger partial charge in [-0.05, 0) is 82.6 Å². The van der Waals surface area contributed by atoms with Crippen LogP contribution >= 0.6 is 0 Å². The maximum Gasteiger partial charge on any atom is 0.261 e. The number of nitrogens with zero attached hydrogens (tertiary/aromatic N) is 1. The standard InChI is InChI=1S/C28H40FN3O6S/c1-19-17-32(20(2)18-33)28(34)25-15-23(31-39(35,36)24-11-8-22(29)9-12-24)10-13-26(25)38-21(3)7-5-6-14-37-27(19)16-30-4/h8-13,15,19-21,27,30-31,33H,5-7,14,16-18H2,1-4H3/t19-,20+,21-,27+/m0/s1. The van der Waals surface area contributed by atoms with Crippen molar-refractivity contribution in [3.63, 3.8) is 0 Å². The number of aliphatic hydroxyl groups excluding tert-OH is 1. The first-order chi connectivity index (χ1) is 18.6. The molecule has 0 bridgehead atoms. The van der Waals surface area contributed by atoms with Crippen molar-refractivity contribution in [1.82, 2.24) is 10.2 Å². The summed E-state index contributed by atoms with van der Waals surface area (Å²) in [5.74, 6) is -0.664. The van der Waals surface area contributed by atoms with Crippen LogP contribution in [0.2, 0.25) is 0 Å². The van der Waals surface area contributed by atoms with Gasteiger partial charge in [-0.25, -0.2) is 12.8 Å². The number of carbonyl (C=O) groups excluding carboxylic acids is 1. The fourth-order valence-electron chi connectivity index (χ4n) is 4.51. The summed E-state index contributed by atoms with van der Waals surface area (Å²) in [6.45, 7) is 6.96. The number of likely N-dealkylation sites (N-methyl/N-ethyl adjacent to an activating group) is 1. The molecule has 0 aliphatic carbocycles. The topological polar surface area (TPSA) is 117 Å². The molecular weight excluding hydrogens is 525 g/mol. The maximum atomic E-state index is 14.0. The monoisotopic (exact) mass is 565 g/mol. The van der Waals surface area contributed by atoms with Gasteiger partial charge in [0.25, 0.3) is 15.9 Å². The van der Waals surface area contributed by atoms with Crippen LogP contribution in [0.4, 0.5) is 10.1 Å². The van der Waals surface area contributed by atoms with Gasteiger partial charge in [-0.2, -0.15) is 0 Å². The molecule has 3 N–H and O–H groups in total. The first-order valence-electron chi connectivity index (χ1n) is 13.3. The second-order valence-corrected chi connectivity index (χ2v) is 11.8. The number of rotatable bonds is 7. The first-order valence-corrected chi connectivity index (χ1v) is 14.8. The molecule has 2 aromatic rings. The van der Waals surface area contributed by atoms with Crippen LogP contribution in [0.5, 0.6) is 5.75 Å². The van der Waals surface area contributed by atoms with Gasteiger partial charge in [0, 0.05) is 31.3 Å². The minimum atomic E-state index is -4.04. The molecule has 11 heteroatoms. The van der Waals surface area contributed by atoms with Gasteiger partial charge in [0.2, 0.25) is 0 Å². The maximum absolute atomic E-state index is 14.0. The fourth-order valence-corrected chi connectivity index (χ4v) is 5.55. The third kappa shape index (κ3) is 8.38. The number of aliphatic hydroxyl groups is 1. The lowest BCUT2D eigenvalue weighted by atomic mass is 10.0. The van der Waals surface area contributed by atoms with Gasteiger partial charge in [-0.1, -0.05) is 6.92 Å². The summed E-state index contributed by atoms with van der Waals surface area (Å²) < 4.78 is 54.0. The second-order valence-electron chi connectivity index (χ2n) is 10.1. The Bertz CT molecular complexity index is 1190. The molecule has 0 radical (unpaired) electrons. The van der Waals surface area contributed by atoms with E-state index in [-0.39, 0.29) is 40.9 Å². The Balaban J connectivity index is 2.02. The van der Waals surface area contributed by atoms with E-state index < -0.39 is 27.8 Å². The third-order valence-electron chi connectivity index (χ3n) is 6.83. The fraction of sp³-hybridized carbons (Fsp3) is 0.536. The minimum Gasteiger partial charge on any atom is -0.490 e. The predicted molar refractivity (Wildman–Crippen MR) is 148 cm³/mol. The molecule has 9 nitrogen and oxygen atoms in total. The Morgan fingerprint density at radius 3 is 2.54 bits per heavy atom. The number of anilines is 1. The summed E-state index contributed by atoms with van der Waals surface area (Å²) >= 11 is 0. The number of carbonyl (C=O) groups is 1. The average Bonchev–Trinajstić information content (AvgIpc) is 2.90. The molecule has 1 aliphatic heterocycles. The number of hydrogen-bond acceptors (Lipinski definition) is 7. The lowest BCUT2D eigenvalue weighted by molar-refractivity contribution is -0.000450. The summed E-state index contributed by atoms with van der Waals surface area (Å²) in [6.07, 6.45) is 2.17. The smallest absolute Gasteiger partial charge is 0.261 e. The van der Waals surface area contributed by atoms with E-state index in [9.17, 15) is 22.7 Å². The SMILES string of the molecule is CNC[C@H]1OCCCC[C@H](C)Oc2ccc(NS(=O)(=O)c3ccc(F)cc3)cc2C(=O)N([C@H](C)CO)C[C@@H]1C. The van der Waals surface area contributed by atoms with Gasteiger partial charge >= 0.3 is 0 Å². The van der Waals surface area contributed by atoms with Crippen molar-refractivity contribution in [3.8, 4) is 5.75 Å². The average molecular weight is 566 g/mol. The minimum absolute atomic E-state index is 0.0539. The molecule has 3 rings (SSSR count). The normalized spacial score (nSPS) is 22.4. The van der Waals surface area contributed by atoms with E-state index in [4.69, 9.17) is 9.47 Å². The number of benzene rings is 2. The highest BCUT2D eigenvalue weighted by molar-refractivity contribution is 7.92. The third-order valence-corrected chi connectivity index (χ3v) is 8.23. The molecule has 0 aromatic heterocycles.